The van der Waals surface area contributed by atoms with Gasteiger partial charge in [-0.15, -0.1) is 11.3 Å². The predicted octanol–water partition coefficient (Wildman–Crippen LogP) is 3.15. The lowest BCUT2D eigenvalue weighted by atomic mass is 10.3. The number of rotatable bonds is 5. The summed E-state index contributed by atoms with van der Waals surface area (Å²) in [5.74, 6) is -1.67. The van der Waals surface area contributed by atoms with Crippen LogP contribution < -0.4 is 0 Å². The van der Waals surface area contributed by atoms with Gasteiger partial charge in [0, 0.05) is 24.7 Å². The average Bonchev–Trinajstić information content (AvgIpc) is 3.32. The molecule has 138 valence electrons. The van der Waals surface area contributed by atoms with Crippen LogP contribution in [0.15, 0.2) is 28.9 Å². The first kappa shape index (κ1) is 18.1. The molecule has 0 saturated carbocycles. The molecule has 0 aliphatic carbocycles. The highest BCUT2D eigenvalue weighted by Crippen LogP contribution is 2.31. The van der Waals surface area contributed by atoms with Crippen molar-refractivity contribution in [3.63, 3.8) is 0 Å². The van der Waals surface area contributed by atoms with E-state index in [2.05, 4.69) is 19.8 Å². The molecule has 11 heteroatoms. The van der Waals surface area contributed by atoms with Crippen LogP contribution >= 0.6 is 11.3 Å². The third-order valence-corrected chi connectivity index (χ3v) is 4.68. The van der Waals surface area contributed by atoms with Crippen LogP contribution in [0.5, 0.6) is 0 Å². The monoisotopic (exact) mass is 385 g/mol. The summed E-state index contributed by atoms with van der Waals surface area (Å²) < 4.78 is 43.4. The number of hydrogen-bond acceptors (Lipinski definition) is 6. The third-order valence-electron chi connectivity index (χ3n) is 3.61. The number of hydrogen-bond donors (Lipinski definition) is 0. The maximum absolute atomic E-state index is 12.5. The number of carbonyl (C=O) groups is 1. The van der Waals surface area contributed by atoms with Gasteiger partial charge in [0.15, 0.2) is 0 Å². The van der Waals surface area contributed by atoms with Crippen LogP contribution in [0, 0.1) is 0 Å². The number of nitrogens with zero attached hydrogens (tertiary/aromatic N) is 5. The minimum atomic E-state index is -4.68. The molecule has 0 unspecified atom stereocenters. The van der Waals surface area contributed by atoms with E-state index in [1.54, 1.807) is 34.8 Å². The third kappa shape index (κ3) is 3.62. The van der Waals surface area contributed by atoms with E-state index < -0.39 is 12.1 Å². The predicted molar refractivity (Wildman–Crippen MR) is 86.6 cm³/mol. The number of alkyl halides is 3. The van der Waals surface area contributed by atoms with Crippen molar-refractivity contribution in [2.45, 2.75) is 19.6 Å². The molecule has 26 heavy (non-hydrogen) atoms. The first-order chi connectivity index (χ1) is 12.3. The van der Waals surface area contributed by atoms with Crippen molar-refractivity contribution in [2.24, 2.45) is 0 Å². The van der Waals surface area contributed by atoms with Crippen molar-refractivity contribution in [3.05, 3.63) is 40.9 Å². The zero-order chi connectivity index (χ0) is 18.9. The van der Waals surface area contributed by atoms with E-state index in [1.807, 2.05) is 6.92 Å². The van der Waals surface area contributed by atoms with Gasteiger partial charge in [0.1, 0.15) is 5.69 Å². The molecule has 0 N–H and O–H groups in total. The molecule has 7 nitrogen and oxygen atoms in total. The minimum Gasteiger partial charge on any atom is -0.341 e. The summed E-state index contributed by atoms with van der Waals surface area (Å²) in [5.41, 5.74) is 0.434. The van der Waals surface area contributed by atoms with Crippen LogP contribution in [0.2, 0.25) is 0 Å². The molecule has 0 aliphatic heterocycles. The molecule has 0 saturated heterocycles. The van der Waals surface area contributed by atoms with E-state index >= 15 is 0 Å². The van der Waals surface area contributed by atoms with Gasteiger partial charge in [-0.3, -0.25) is 9.48 Å². The van der Waals surface area contributed by atoms with Gasteiger partial charge >= 0.3 is 12.1 Å². The summed E-state index contributed by atoms with van der Waals surface area (Å²) >= 11 is 1.20. The fourth-order valence-electron chi connectivity index (χ4n) is 2.15. The Morgan fingerprint density at radius 3 is 2.77 bits per heavy atom. The van der Waals surface area contributed by atoms with Crippen LogP contribution in [0.4, 0.5) is 13.2 Å². The van der Waals surface area contributed by atoms with E-state index in [0.717, 1.165) is 4.88 Å². The SMILES string of the molecule is CCN(C)C(=O)c1ccnn1Cc1ccc(-c2noc(C(F)(F)F)n2)s1. The van der Waals surface area contributed by atoms with Crippen molar-refractivity contribution in [1.82, 2.24) is 24.8 Å². The highest BCUT2D eigenvalue weighted by Gasteiger charge is 2.38. The minimum absolute atomic E-state index is 0.129. The fourth-order valence-corrected chi connectivity index (χ4v) is 3.06. The van der Waals surface area contributed by atoms with Gasteiger partial charge in [-0.2, -0.15) is 23.3 Å². The Hall–Kier alpha value is -2.69. The maximum atomic E-state index is 12.5. The molecule has 0 spiro atoms. The molecule has 0 bridgehead atoms. The van der Waals surface area contributed by atoms with E-state index in [0.29, 0.717) is 23.7 Å². The number of aromatic nitrogens is 4. The van der Waals surface area contributed by atoms with Crippen LogP contribution in [-0.4, -0.2) is 44.3 Å². The molecule has 0 aromatic carbocycles. The van der Waals surface area contributed by atoms with Gasteiger partial charge < -0.3 is 9.42 Å². The summed E-state index contributed by atoms with van der Waals surface area (Å²) in [6.45, 7) is 2.73. The Bertz CT molecular complexity index is 914. The number of halogens is 3. The topological polar surface area (TPSA) is 77.0 Å². The van der Waals surface area contributed by atoms with E-state index in [4.69, 9.17) is 0 Å². The molecule has 3 aromatic rings. The molecule has 0 aliphatic rings. The van der Waals surface area contributed by atoms with E-state index in [9.17, 15) is 18.0 Å². The van der Waals surface area contributed by atoms with Crippen molar-refractivity contribution >= 4 is 17.2 Å². The summed E-state index contributed by atoms with van der Waals surface area (Å²) in [6.07, 6.45) is -3.15. The molecule has 3 rings (SSSR count). The second kappa shape index (κ2) is 6.90. The largest absolute Gasteiger partial charge is 0.471 e. The first-order valence-electron chi connectivity index (χ1n) is 7.57. The number of amides is 1. The zero-order valence-electron chi connectivity index (χ0n) is 13.8. The van der Waals surface area contributed by atoms with Crippen molar-refractivity contribution < 1.29 is 22.5 Å². The number of thiophene rings is 1. The Balaban J connectivity index is 1.79. The highest BCUT2D eigenvalue weighted by atomic mass is 32.1. The Kier molecular flexibility index (Phi) is 4.81. The Labute approximate surface area is 150 Å². The van der Waals surface area contributed by atoms with Gasteiger partial charge in [-0.25, -0.2) is 0 Å². The summed E-state index contributed by atoms with van der Waals surface area (Å²) in [4.78, 5) is 18.5. The normalized spacial score (nSPS) is 11.7. The van der Waals surface area contributed by atoms with Gasteiger partial charge in [0.2, 0.25) is 5.82 Å². The Morgan fingerprint density at radius 1 is 1.35 bits per heavy atom. The Morgan fingerprint density at radius 2 is 2.12 bits per heavy atom. The second-order valence-electron chi connectivity index (χ2n) is 5.38. The maximum Gasteiger partial charge on any atom is 0.471 e. The van der Waals surface area contributed by atoms with Crippen molar-refractivity contribution in [2.75, 3.05) is 13.6 Å². The number of carbonyl (C=O) groups excluding carboxylic acids is 1. The molecular formula is C15H14F3N5O2S. The zero-order valence-corrected chi connectivity index (χ0v) is 14.6. The van der Waals surface area contributed by atoms with E-state index in [1.165, 1.54) is 17.5 Å². The average molecular weight is 385 g/mol. The lowest BCUT2D eigenvalue weighted by Gasteiger charge is -2.15. The van der Waals surface area contributed by atoms with Gasteiger partial charge in [-0.1, -0.05) is 5.16 Å². The molecule has 0 atom stereocenters. The van der Waals surface area contributed by atoms with Crippen LogP contribution in [0.1, 0.15) is 28.2 Å². The van der Waals surface area contributed by atoms with E-state index in [-0.39, 0.29) is 11.7 Å². The second-order valence-corrected chi connectivity index (χ2v) is 6.55. The summed E-state index contributed by atoms with van der Waals surface area (Å²) in [5, 5.41) is 7.51. The van der Waals surface area contributed by atoms with Gasteiger partial charge in [0.05, 0.1) is 11.4 Å². The standard InChI is InChI=1S/C15H14F3N5O2S/c1-3-22(2)13(24)10-6-7-19-23(10)8-9-4-5-11(26-9)12-20-14(25-21-12)15(16,17)18/h4-7H,3,8H2,1-2H3. The fraction of sp³-hybridized carbons (Fsp3) is 0.333. The van der Waals surface area contributed by atoms with Crippen LogP contribution in [-0.2, 0) is 12.7 Å². The molecule has 1 amide bonds. The van der Waals surface area contributed by atoms with Crippen LogP contribution in [0.25, 0.3) is 10.7 Å². The molecule has 3 aromatic heterocycles. The molecule has 0 radical (unpaired) electrons. The van der Waals surface area contributed by atoms with Crippen molar-refractivity contribution in [1.29, 1.82) is 0 Å². The first-order valence-corrected chi connectivity index (χ1v) is 8.38. The molecule has 0 fully saturated rings. The summed E-state index contributed by atoms with van der Waals surface area (Å²) in [7, 11) is 1.69. The van der Waals surface area contributed by atoms with Gasteiger partial charge in [0.25, 0.3) is 5.91 Å². The lowest BCUT2D eigenvalue weighted by molar-refractivity contribution is -0.159. The molecular weight excluding hydrogens is 371 g/mol. The molecule has 3 heterocycles. The quantitative estimate of drug-likeness (QED) is 0.674. The lowest BCUT2D eigenvalue weighted by Crippen LogP contribution is -2.28. The van der Waals surface area contributed by atoms with Crippen LogP contribution in [0.3, 0.4) is 0 Å². The van der Waals surface area contributed by atoms with Crippen molar-refractivity contribution in [3.8, 4) is 10.7 Å². The van der Waals surface area contributed by atoms with Gasteiger partial charge in [-0.05, 0) is 25.1 Å². The summed E-state index contributed by atoms with van der Waals surface area (Å²) in [6, 6.07) is 4.95. The smallest absolute Gasteiger partial charge is 0.341 e. The highest BCUT2D eigenvalue weighted by molar-refractivity contribution is 7.15.